The molecule has 3 N–H and O–H groups in total. The number of carbonyl (C=O) groups excluding carboxylic acids is 2. The molecule has 4 rings (SSSR count). The van der Waals surface area contributed by atoms with Crippen LogP contribution >= 0.6 is 0 Å². The lowest BCUT2D eigenvalue weighted by Gasteiger charge is -2.34. The normalized spacial score (nSPS) is 13.9. The van der Waals surface area contributed by atoms with Crippen LogP contribution in [0.5, 0.6) is 0 Å². The first-order chi connectivity index (χ1) is 16.4. The number of pyridine rings is 1. The van der Waals surface area contributed by atoms with Crippen LogP contribution in [0.25, 0.3) is 0 Å². The number of hydrogen-bond donors (Lipinski definition) is 3. The Balaban J connectivity index is 1.43. The number of amides is 2. The van der Waals surface area contributed by atoms with Crippen LogP contribution in [-0.4, -0.2) is 65.7 Å². The molecule has 1 aromatic heterocycles. The Labute approximate surface area is 199 Å². The third-order valence-corrected chi connectivity index (χ3v) is 5.81. The van der Waals surface area contributed by atoms with Gasteiger partial charge in [-0.3, -0.25) is 15.0 Å². The molecule has 0 aliphatic carbocycles. The average Bonchev–Trinajstić information content (AvgIpc) is 2.86. The van der Waals surface area contributed by atoms with Gasteiger partial charge >= 0.3 is 0 Å². The van der Waals surface area contributed by atoms with E-state index in [9.17, 15) is 9.59 Å². The zero-order valence-electron chi connectivity index (χ0n) is 19.3. The molecule has 3 aromatic rings. The van der Waals surface area contributed by atoms with Crippen LogP contribution in [0.1, 0.15) is 31.8 Å². The van der Waals surface area contributed by atoms with Crippen LogP contribution < -0.4 is 10.6 Å². The highest BCUT2D eigenvalue weighted by Crippen LogP contribution is 2.19. The van der Waals surface area contributed by atoms with Gasteiger partial charge in [-0.2, -0.15) is 0 Å². The van der Waals surface area contributed by atoms with Crippen molar-refractivity contribution in [2.45, 2.75) is 6.92 Å². The number of likely N-dealkylation sites (N-methyl/N-ethyl adjacent to an activating group) is 1. The Hall–Kier alpha value is -4.04. The number of aryl methyl sites for hydroxylation is 1. The van der Waals surface area contributed by atoms with E-state index in [1.807, 2.05) is 17.9 Å². The molecule has 8 heteroatoms. The Kier molecular flexibility index (Phi) is 6.98. The molecule has 0 spiro atoms. The lowest BCUT2D eigenvalue weighted by molar-refractivity contribution is 0.102. The van der Waals surface area contributed by atoms with Gasteiger partial charge in [0.25, 0.3) is 11.8 Å². The molecule has 0 bridgehead atoms. The Morgan fingerprint density at radius 2 is 1.53 bits per heavy atom. The number of rotatable bonds is 5. The van der Waals surface area contributed by atoms with Gasteiger partial charge in [0.05, 0.1) is 11.3 Å². The number of amidine groups is 1. The second kappa shape index (κ2) is 10.3. The maximum absolute atomic E-state index is 12.9. The highest BCUT2D eigenvalue weighted by molar-refractivity contribution is 6.12. The van der Waals surface area contributed by atoms with Gasteiger partial charge in [-0.05, 0) is 49.9 Å². The SMILES string of the molecule is Cc1ccc(NC(=O)c2ccccc2NC(=O)c2ccc(C(=N)N3CCN(C)CC3)cc2)nc1. The van der Waals surface area contributed by atoms with Crippen molar-refractivity contribution in [3.05, 3.63) is 89.1 Å². The molecule has 34 heavy (non-hydrogen) atoms. The lowest BCUT2D eigenvalue weighted by atomic mass is 10.1. The fourth-order valence-electron chi connectivity index (χ4n) is 3.70. The van der Waals surface area contributed by atoms with E-state index in [-0.39, 0.29) is 11.8 Å². The predicted molar refractivity (Wildman–Crippen MR) is 134 cm³/mol. The number of nitrogens with zero attached hydrogens (tertiary/aromatic N) is 3. The number of aromatic nitrogens is 1. The summed E-state index contributed by atoms with van der Waals surface area (Å²) in [5.41, 5.74) is 2.96. The molecule has 0 radical (unpaired) electrons. The summed E-state index contributed by atoms with van der Waals surface area (Å²) in [5.74, 6) is 0.219. The molecule has 2 heterocycles. The molecule has 1 aliphatic rings. The summed E-state index contributed by atoms with van der Waals surface area (Å²) in [6, 6.07) is 17.4. The van der Waals surface area contributed by atoms with Crippen molar-refractivity contribution < 1.29 is 9.59 Å². The van der Waals surface area contributed by atoms with E-state index >= 15 is 0 Å². The predicted octanol–water partition coefficient (Wildman–Crippen LogP) is 3.47. The second-order valence-corrected chi connectivity index (χ2v) is 8.39. The summed E-state index contributed by atoms with van der Waals surface area (Å²) >= 11 is 0. The molecule has 0 atom stereocenters. The van der Waals surface area contributed by atoms with Crippen molar-refractivity contribution in [2.75, 3.05) is 43.9 Å². The number of carbonyl (C=O) groups is 2. The Bertz CT molecular complexity index is 1180. The van der Waals surface area contributed by atoms with Crippen molar-refractivity contribution in [2.24, 2.45) is 0 Å². The molecule has 8 nitrogen and oxygen atoms in total. The van der Waals surface area contributed by atoms with E-state index in [1.165, 1.54) is 0 Å². The molecule has 2 aromatic carbocycles. The largest absolute Gasteiger partial charge is 0.354 e. The standard InChI is InChI=1S/C26H28N6O2/c1-18-7-12-23(28-17-18)30-26(34)21-5-3-4-6-22(21)29-25(33)20-10-8-19(9-11-20)24(27)32-15-13-31(2)14-16-32/h3-12,17,27H,13-16H2,1-2H3,(H,29,33)(H,28,30,34). The average molecular weight is 457 g/mol. The van der Waals surface area contributed by atoms with Crippen molar-refractivity contribution in [3.63, 3.8) is 0 Å². The van der Waals surface area contributed by atoms with Crippen LogP contribution in [0.2, 0.25) is 0 Å². The number of para-hydroxylation sites is 1. The van der Waals surface area contributed by atoms with E-state index in [0.717, 1.165) is 37.3 Å². The van der Waals surface area contributed by atoms with Crippen LogP contribution in [0.4, 0.5) is 11.5 Å². The number of nitrogens with one attached hydrogen (secondary N) is 3. The summed E-state index contributed by atoms with van der Waals surface area (Å²) in [6.45, 7) is 5.40. The highest BCUT2D eigenvalue weighted by Gasteiger charge is 2.19. The zero-order chi connectivity index (χ0) is 24.1. The maximum Gasteiger partial charge on any atom is 0.258 e. The summed E-state index contributed by atoms with van der Waals surface area (Å²) in [7, 11) is 2.08. The number of hydrogen-bond acceptors (Lipinski definition) is 5. The van der Waals surface area contributed by atoms with Crippen molar-refractivity contribution in [1.82, 2.24) is 14.8 Å². The van der Waals surface area contributed by atoms with Gasteiger partial charge in [0.15, 0.2) is 0 Å². The van der Waals surface area contributed by atoms with Crippen molar-refractivity contribution in [3.8, 4) is 0 Å². The first-order valence-electron chi connectivity index (χ1n) is 11.2. The number of benzene rings is 2. The van der Waals surface area contributed by atoms with Crippen LogP contribution in [0.15, 0.2) is 66.9 Å². The van der Waals surface area contributed by atoms with E-state index in [1.54, 1.807) is 60.8 Å². The molecular weight excluding hydrogens is 428 g/mol. The molecule has 2 amide bonds. The van der Waals surface area contributed by atoms with Gasteiger partial charge in [0.2, 0.25) is 0 Å². The topological polar surface area (TPSA) is 101 Å². The minimum Gasteiger partial charge on any atom is -0.354 e. The van der Waals surface area contributed by atoms with Gasteiger partial charge < -0.3 is 20.4 Å². The quantitative estimate of drug-likeness (QED) is 0.403. The Morgan fingerprint density at radius 1 is 0.853 bits per heavy atom. The molecule has 1 fully saturated rings. The lowest BCUT2D eigenvalue weighted by Crippen LogP contribution is -2.47. The smallest absolute Gasteiger partial charge is 0.258 e. The van der Waals surface area contributed by atoms with Crippen LogP contribution in [0.3, 0.4) is 0 Å². The van der Waals surface area contributed by atoms with Crippen LogP contribution in [-0.2, 0) is 0 Å². The van der Waals surface area contributed by atoms with Gasteiger partial charge in [-0.1, -0.05) is 30.3 Å². The van der Waals surface area contributed by atoms with E-state index in [4.69, 9.17) is 5.41 Å². The first-order valence-corrected chi connectivity index (χ1v) is 11.2. The fourth-order valence-corrected chi connectivity index (χ4v) is 3.70. The maximum atomic E-state index is 12.9. The first kappa shape index (κ1) is 23.1. The molecule has 1 saturated heterocycles. The molecule has 1 aliphatic heterocycles. The van der Waals surface area contributed by atoms with E-state index in [2.05, 4.69) is 27.6 Å². The minimum absolute atomic E-state index is 0.327. The molecule has 174 valence electrons. The van der Waals surface area contributed by atoms with Crippen molar-refractivity contribution in [1.29, 1.82) is 5.41 Å². The second-order valence-electron chi connectivity index (χ2n) is 8.39. The van der Waals surface area contributed by atoms with Gasteiger partial charge in [-0.15, -0.1) is 0 Å². The van der Waals surface area contributed by atoms with Crippen molar-refractivity contribution >= 4 is 29.2 Å². The zero-order valence-corrected chi connectivity index (χ0v) is 19.3. The summed E-state index contributed by atoms with van der Waals surface area (Å²) < 4.78 is 0. The Morgan fingerprint density at radius 3 is 2.21 bits per heavy atom. The number of anilines is 2. The highest BCUT2D eigenvalue weighted by atomic mass is 16.2. The third kappa shape index (κ3) is 5.47. The van der Waals surface area contributed by atoms with E-state index < -0.39 is 0 Å². The molecular formula is C26H28N6O2. The minimum atomic E-state index is -0.358. The van der Waals surface area contributed by atoms with Gasteiger partial charge in [0.1, 0.15) is 11.7 Å². The van der Waals surface area contributed by atoms with Crippen LogP contribution in [0, 0.1) is 12.3 Å². The fraction of sp³-hybridized carbons (Fsp3) is 0.231. The van der Waals surface area contributed by atoms with Gasteiger partial charge in [-0.25, -0.2) is 4.98 Å². The van der Waals surface area contributed by atoms with E-state index in [0.29, 0.717) is 28.5 Å². The van der Waals surface area contributed by atoms with Gasteiger partial charge in [0, 0.05) is 43.5 Å². The summed E-state index contributed by atoms with van der Waals surface area (Å²) in [6.07, 6.45) is 1.68. The summed E-state index contributed by atoms with van der Waals surface area (Å²) in [4.78, 5) is 34.2. The third-order valence-electron chi connectivity index (χ3n) is 5.81. The molecule has 0 saturated carbocycles. The number of piperazine rings is 1. The molecule has 0 unspecified atom stereocenters. The monoisotopic (exact) mass is 456 g/mol. The summed E-state index contributed by atoms with van der Waals surface area (Å²) in [5, 5.41) is 14.1.